The summed E-state index contributed by atoms with van der Waals surface area (Å²) in [5, 5.41) is 3.17. The molecule has 0 fully saturated rings. The molecule has 0 aliphatic heterocycles. The average Bonchev–Trinajstić information content (AvgIpc) is 3.62. The highest BCUT2D eigenvalue weighted by Crippen LogP contribution is 2.46. The molecule has 8 aromatic rings. The minimum absolute atomic E-state index is 0.320. The molecule has 0 radical (unpaired) electrons. The fourth-order valence-electron chi connectivity index (χ4n) is 7.29. The normalized spacial score (nSPS) is 12.0. The third-order valence-corrected chi connectivity index (χ3v) is 9.72. The number of para-hydroxylation sites is 1. The van der Waals surface area contributed by atoms with Crippen molar-refractivity contribution < 1.29 is 4.42 Å². The zero-order chi connectivity index (χ0) is 32.1. The summed E-state index contributed by atoms with van der Waals surface area (Å²) < 4.78 is 10.7. The molecular formula is C43H36N2O2. The predicted octanol–water partition coefficient (Wildman–Crippen LogP) is 9.77. The SMILES string of the molecule is Cc1ccc2c(c1)c(C(C)(c1cc3ccccc3oc1=O)c1cn(Cc3ccccc3)c3ccc(C)cc13)cn2Cc1ccccc1. The van der Waals surface area contributed by atoms with Crippen LogP contribution in [-0.2, 0) is 18.5 Å². The molecule has 47 heavy (non-hydrogen) atoms. The molecule has 0 bridgehead atoms. The summed E-state index contributed by atoms with van der Waals surface area (Å²) in [5.74, 6) is 0. The van der Waals surface area contributed by atoms with Gasteiger partial charge in [-0.1, -0.05) is 102 Å². The van der Waals surface area contributed by atoms with Crippen molar-refractivity contribution in [3.05, 3.63) is 189 Å². The van der Waals surface area contributed by atoms with Crippen LogP contribution in [-0.4, -0.2) is 9.13 Å². The van der Waals surface area contributed by atoms with Gasteiger partial charge in [0.1, 0.15) is 5.58 Å². The quantitative estimate of drug-likeness (QED) is 0.168. The number of hydrogen-bond acceptors (Lipinski definition) is 2. The van der Waals surface area contributed by atoms with Gasteiger partial charge >= 0.3 is 5.63 Å². The molecule has 3 heterocycles. The first-order valence-corrected chi connectivity index (χ1v) is 16.2. The predicted molar refractivity (Wildman–Crippen MR) is 192 cm³/mol. The van der Waals surface area contributed by atoms with E-state index in [1.54, 1.807) is 0 Å². The van der Waals surface area contributed by atoms with E-state index in [0.717, 1.165) is 51.4 Å². The number of aromatic nitrogens is 2. The Morgan fingerprint density at radius 2 is 1.06 bits per heavy atom. The smallest absolute Gasteiger partial charge is 0.340 e. The highest BCUT2D eigenvalue weighted by atomic mass is 16.4. The maximum absolute atomic E-state index is 14.2. The number of aryl methyl sites for hydroxylation is 2. The van der Waals surface area contributed by atoms with Crippen molar-refractivity contribution in [3.8, 4) is 0 Å². The van der Waals surface area contributed by atoms with E-state index >= 15 is 0 Å². The van der Waals surface area contributed by atoms with Crippen LogP contribution in [0.3, 0.4) is 0 Å². The van der Waals surface area contributed by atoms with Crippen LogP contribution in [0.5, 0.6) is 0 Å². The van der Waals surface area contributed by atoms with E-state index in [0.29, 0.717) is 11.1 Å². The second kappa shape index (κ2) is 11.3. The van der Waals surface area contributed by atoms with Gasteiger partial charge in [0.25, 0.3) is 0 Å². The van der Waals surface area contributed by atoms with Crippen LogP contribution < -0.4 is 5.63 Å². The fourth-order valence-corrected chi connectivity index (χ4v) is 7.29. The van der Waals surface area contributed by atoms with Crippen molar-refractivity contribution in [1.29, 1.82) is 0 Å². The van der Waals surface area contributed by atoms with Crippen molar-refractivity contribution >= 4 is 32.8 Å². The van der Waals surface area contributed by atoms with Gasteiger partial charge in [-0.3, -0.25) is 0 Å². The number of benzene rings is 5. The van der Waals surface area contributed by atoms with Gasteiger partial charge in [0.2, 0.25) is 0 Å². The molecule has 0 saturated carbocycles. The lowest BCUT2D eigenvalue weighted by Gasteiger charge is -2.30. The van der Waals surface area contributed by atoms with E-state index in [4.69, 9.17) is 4.42 Å². The first kappa shape index (κ1) is 28.8. The summed E-state index contributed by atoms with van der Waals surface area (Å²) in [6.07, 6.45) is 4.53. The summed E-state index contributed by atoms with van der Waals surface area (Å²) in [7, 11) is 0. The lowest BCUT2D eigenvalue weighted by Crippen LogP contribution is -2.31. The lowest BCUT2D eigenvalue weighted by atomic mass is 9.71. The number of hydrogen-bond donors (Lipinski definition) is 0. The Labute approximate surface area is 274 Å². The third kappa shape index (κ3) is 4.97. The Kier molecular flexibility index (Phi) is 6.95. The zero-order valence-corrected chi connectivity index (χ0v) is 26.9. The third-order valence-electron chi connectivity index (χ3n) is 9.72. The van der Waals surface area contributed by atoms with Gasteiger partial charge in [-0.25, -0.2) is 4.79 Å². The molecule has 230 valence electrons. The second-order valence-electron chi connectivity index (χ2n) is 13.0. The van der Waals surface area contributed by atoms with Gasteiger partial charge < -0.3 is 13.6 Å². The number of nitrogens with zero attached hydrogens (tertiary/aromatic N) is 2. The molecule has 4 heteroatoms. The highest BCUT2D eigenvalue weighted by Gasteiger charge is 2.40. The van der Waals surface area contributed by atoms with E-state index in [9.17, 15) is 4.79 Å². The van der Waals surface area contributed by atoms with E-state index in [-0.39, 0.29) is 5.63 Å². The molecule has 0 unspecified atom stereocenters. The van der Waals surface area contributed by atoms with E-state index < -0.39 is 5.41 Å². The lowest BCUT2D eigenvalue weighted by molar-refractivity contribution is 0.529. The monoisotopic (exact) mass is 612 g/mol. The molecule has 0 spiro atoms. The summed E-state index contributed by atoms with van der Waals surface area (Å²) in [6.45, 7) is 7.92. The average molecular weight is 613 g/mol. The zero-order valence-electron chi connectivity index (χ0n) is 26.9. The fraction of sp³-hybridized carbons (Fsp3) is 0.140. The van der Waals surface area contributed by atoms with Crippen LogP contribution in [0.15, 0.2) is 149 Å². The Balaban J connectivity index is 1.46. The number of fused-ring (bicyclic) bond motifs is 3. The molecular weight excluding hydrogens is 576 g/mol. The number of rotatable bonds is 7. The van der Waals surface area contributed by atoms with E-state index in [1.807, 2.05) is 30.3 Å². The van der Waals surface area contributed by atoms with Crippen molar-refractivity contribution in [2.75, 3.05) is 0 Å². The maximum Gasteiger partial charge on any atom is 0.340 e. The van der Waals surface area contributed by atoms with Crippen LogP contribution in [0.25, 0.3) is 32.8 Å². The molecule has 5 aromatic carbocycles. The van der Waals surface area contributed by atoms with Crippen LogP contribution in [0.1, 0.15) is 45.9 Å². The minimum Gasteiger partial charge on any atom is -0.422 e. The van der Waals surface area contributed by atoms with E-state index in [1.165, 1.54) is 22.3 Å². The molecule has 0 N–H and O–H groups in total. The van der Waals surface area contributed by atoms with Gasteiger partial charge in [-0.05, 0) is 79.4 Å². The van der Waals surface area contributed by atoms with Gasteiger partial charge in [0.05, 0.1) is 11.0 Å². The molecule has 0 saturated heterocycles. The van der Waals surface area contributed by atoms with Gasteiger partial charge in [0.15, 0.2) is 0 Å². The standard InChI is InChI=1S/C43H36N2O2/c1-29-18-20-39-34(22-29)37(27-44(39)25-31-12-6-4-7-13-31)43(3,36-24-33-16-10-11-17-41(33)47-42(36)46)38-28-45(26-32-14-8-5-9-15-32)40-21-19-30(2)23-35(38)40/h4-24,27-28H,25-26H2,1-3H3. The van der Waals surface area contributed by atoms with Crippen LogP contribution in [0.4, 0.5) is 0 Å². The molecule has 0 amide bonds. The molecule has 0 atom stereocenters. The van der Waals surface area contributed by atoms with Crippen molar-refractivity contribution in [2.24, 2.45) is 0 Å². The first-order valence-electron chi connectivity index (χ1n) is 16.2. The Morgan fingerprint density at radius 1 is 0.574 bits per heavy atom. The Hall–Kier alpha value is -5.61. The van der Waals surface area contributed by atoms with Gasteiger partial charge in [-0.15, -0.1) is 0 Å². The molecule has 8 rings (SSSR count). The Morgan fingerprint density at radius 3 is 1.60 bits per heavy atom. The summed E-state index contributed by atoms with van der Waals surface area (Å²) in [5.41, 5.74) is 9.25. The van der Waals surface area contributed by atoms with Crippen molar-refractivity contribution in [2.45, 2.75) is 39.3 Å². The molecule has 0 aliphatic carbocycles. The van der Waals surface area contributed by atoms with Crippen molar-refractivity contribution in [1.82, 2.24) is 9.13 Å². The van der Waals surface area contributed by atoms with Crippen LogP contribution in [0.2, 0.25) is 0 Å². The largest absolute Gasteiger partial charge is 0.422 e. The highest BCUT2D eigenvalue weighted by molar-refractivity contribution is 5.92. The second-order valence-corrected chi connectivity index (χ2v) is 13.0. The summed E-state index contributed by atoms with van der Waals surface area (Å²) in [4.78, 5) is 14.2. The summed E-state index contributed by atoms with van der Waals surface area (Å²) in [6, 6.07) is 44.2. The summed E-state index contributed by atoms with van der Waals surface area (Å²) >= 11 is 0. The topological polar surface area (TPSA) is 40.1 Å². The van der Waals surface area contributed by atoms with Crippen LogP contribution in [0, 0.1) is 13.8 Å². The van der Waals surface area contributed by atoms with Gasteiger partial charge in [0, 0.05) is 52.7 Å². The maximum atomic E-state index is 14.2. The Bertz CT molecular complexity index is 2340. The van der Waals surface area contributed by atoms with Crippen molar-refractivity contribution in [3.63, 3.8) is 0 Å². The first-order chi connectivity index (χ1) is 22.9. The van der Waals surface area contributed by atoms with E-state index in [2.05, 4.69) is 139 Å². The van der Waals surface area contributed by atoms with Crippen LogP contribution >= 0.6 is 0 Å². The molecule has 3 aromatic heterocycles. The molecule has 4 nitrogen and oxygen atoms in total. The van der Waals surface area contributed by atoms with Gasteiger partial charge in [-0.2, -0.15) is 0 Å². The molecule has 0 aliphatic rings. The minimum atomic E-state index is -0.855.